The fraction of sp³-hybridized carbons (Fsp3) is 0.619. The van der Waals surface area contributed by atoms with E-state index in [1.807, 2.05) is 11.1 Å². The normalized spacial score (nSPS) is 28.8. The quantitative estimate of drug-likeness (QED) is 0.734. The Morgan fingerprint density at radius 1 is 1.27 bits per heavy atom. The van der Waals surface area contributed by atoms with E-state index in [9.17, 15) is 4.79 Å². The lowest BCUT2D eigenvalue weighted by Crippen LogP contribution is -2.47. The number of ether oxygens (including phenoxy) is 2. The van der Waals surface area contributed by atoms with Crippen LogP contribution in [0, 0.1) is 6.92 Å². The largest absolute Gasteiger partial charge is 0.376 e. The van der Waals surface area contributed by atoms with Gasteiger partial charge in [-0.2, -0.15) is 0 Å². The molecule has 0 aromatic carbocycles. The van der Waals surface area contributed by atoms with Crippen LogP contribution < -0.4 is 4.90 Å². The Bertz CT molecular complexity index is 953. The van der Waals surface area contributed by atoms with Crippen LogP contribution in [0.15, 0.2) is 16.8 Å². The summed E-state index contributed by atoms with van der Waals surface area (Å²) in [7, 11) is 0. The number of fused-ring (bicyclic) bond motifs is 2. The first-order valence-corrected chi connectivity index (χ1v) is 10.5. The molecule has 0 aliphatic carbocycles. The maximum absolute atomic E-state index is 12.9. The highest BCUT2D eigenvalue weighted by atomic mass is 16.5. The van der Waals surface area contributed by atoms with E-state index in [0.717, 1.165) is 36.7 Å². The molecule has 0 N–H and O–H groups in total. The summed E-state index contributed by atoms with van der Waals surface area (Å²) in [6.07, 6.45) is 2.96. The molecule has 30 heavy (non-hydrogen) atoms. The lowest BCUT2D eigenvalue weighted by Gasteiger charge is -2.38. The van der Waals surface area contributed by atoms with Crippen LogP contribution in [0.1, 0.15) is 47.8 Å². The summed E-state index contributed by atoms with van der Waals surface area (Å²) in [5.41, 5.74) is 2.05. The summed E-state index contributed by atoms with van der Waals surface area (Å²) >= 11 is 0. The third-order valence-corrected chi connectivity index (χ3v) is 6.18. The summed E-state index contributed by atoms with van der Waals surface area (Å²) in [4.78, 5) is 26.6. The van der Waals surface area contributed by atoms with Crippen LogP contribution >= 0.6 is 0 Å². The Morgan fingerprint density at radius 2 is 2.07 bits per heavy atom. The van der Waals surface area contributed by atoms with Gasteiger partial charge >= 0.3 is 0 Å². The Labute approximate surface area is 175 Å². The number of likely N-dealkylation sites (tertiary alicyclic amines) is 1. The highest BCUT2D eigenvalue weighted by Crippen LogP contribution is 2.40. The van der Waals surface area contributed by atoms with Crippen molar-refractivity contribution in [1.29, 1.82) is 0 Å². The zero-order chi connectivity index (χ0) is 20.9. The van der Waals surface area contributed by atoms with Crippen molar-refractivity contribution in [3.05, 3.63) is 35.0 Å². The van der Waals surface area contributed by atoms with E-state index in [0.29, 0.717) is 37.8 Å². The zero-order valence-electron chi connectivity index (χ0n) is 17.6. The average Bonchev–Trinajstić information content (AvgIpc) is 3.34. The van der Waals surface area contributed by atoms with Gasteiger partial charge in [-0.15, -0.1) is 0 Å². The van der Waals surface area contributed by atoms with Crippen molar-refractivity contribution in [2.45, 2.75) is 51.4 Å². The number of hydrogen-bond donors (Lipinski definition) is 0. The minimum atomic E-state index is -0.316. The Kier molecular flexibility index (Phi) is 4.74. The van der Waals surface area contributed by atoms with Gasteiger partial charge in [-0.25, -0.2) is 9.97 Å². The second-order valence-corrected chi connectivity index (χ2v) is 8.78. The monoisotopic (exact) mass is 413 g/mol. The second kappa shape index (κ2) is 7.31. The molecule has 3 aliphatic rings. The number of morpholine rings is 1. The highest BCUT2D eigenvalue weighted by Gasteiger charge is 2.47. The van der Waals surface area contributed by atoms with Crippen LogP contribution in [-0.4, -0.2) is 70.9 Å². The minimum Gasteiger partial charge on any atom is -0.376 e. The maximum Gasteiger partial charge on any atom is 0.276 e. The number of aryl methyl sites for hydroxylation is 1. The van der Waals surface area contributed by atoms with Gasteiger partial charge in [-0.3, -0.25) is 4.79 Å². The number of amides is 1. The second-order valence-electron chi connectivity index (χ2n) is 8.78. The number of hydrogen-bond acceptors (Lipinski definition) is 8. The van der Waals surface area contributed by atoms with Gasteiger partial charge in [0.25, 0.3) is 5.91 Å². The Morgan fingerprint density at radius 3 is 2.80 bits per heavy atom. The lowest BCUT2D eigenvalue weighted by atomic mass is 9.80. The molecule has 3 unspecified atom stereocenters. The molecule has 3 aliphatic heterocycles. The highest BCUT2D eigenvalue weighted by molar-refractivity contribution is 5.92. The SMILES string of the molecule is Cc1cc(C(=O)N2CCC3(COCc4cnc(N5CC(C)OC(C)C5)nc43)C2)no1. The first-order valence-electron chi connectivity index (χ1n) is 10.5. The first-order chi connectivity index (χ1) is 14.4. The third kappa shape index (κ3) is 3.35. The van der Waals surface area contributed by atoms with Crippen molar-refractivity contribution in [3.63, 3.8) is 0 Å². The molecule has 2 saturated heterocycles. The molecule has 1 spiro atoms. The molecule has 5 rings (SSSR count). The molecular formula is C21H27N5O4. The number of nitrogens with zero attached hydrogens (tertiary/aromatic N) is 5. The average molecular weight is 413 g/mol. The van der Waals surface area contributed by atoms with E-state index < -0.39 is 0 Å². The van der Waals surface area contributed by atoms with E-state index in [-0.39, 0.29) is 23.5 Å². The molecule has 0 saturated carbocycles. The number of carbonyl (C=O) groups is 1. The zero-order valence-corrected chi connectivity index (χ0v) is 17.6. The van der Waals surface area contributed by atoms with Gasteiger partial charge in [0.15, 0.2) is 5.69 Å². The molecule has 2 aromatic heterocycles. The molecule has 2 aromatic rings. The fourth-order valence-electron chi connectivity index (χ4n) is 4.87. The van der Waals surface area contributed by atoms with Crippen molar-refractivity contribution in [3.8, 4) is 0 Å². The predicted octanol–water partition coefficient (Wildman–Crippen LogP) is 1.70. The molecule has 3 atom stereocenters. The maximum atomic E-state index is 12.9. The van der Waals surface area contributed by atoms with Crippen molar-refractivity contribution in [1.82, 2.24) is 20.0 Å². The number of rotatable bonds is 2. The van der Waals surface area contributed by atoms with Crippen LogP contribution in [0.4, 0.5) is 5.95 Å². The molecule has 9 nitrogen and oxygen atoms in total. The predicted molar refractivity (Wildman–Crippen MR) is 107 cm³/mol. The van der Waals surface area contributed by atoms with Crippen LogP contribution in [0.25, 0.3) is 0 Å². The lowest BCUT2D eigenvalue weighted by molar-refractivity contribution is -0.00584. The van der Waals surface area contributed by atoms with Gasteiger partial charge < -0.3 is 23.8 Å². The van der Waals surface area contributed by atoms with Crippen LogP contribution in [0.3, 0.4) is 0 Å². The van der Waals surface area contributed by atoms with Crippen LogP contribution in [0.5, 0.6) is 0 Å². The third-order valence-electron chi connectivity index (χ3n) is 6.18. The first kappa shape index (κ1) is 19.4. The molecule has 0 bridgehead atoms. The van der Waals surface area contributed by atoms with E-state index in [4.69, 9.17) is 19.0 Å². The smallest absolute Gasteiger partial charge is 0.276 e. The van der Waals surface area contributed by atoms with Gasteiger partial charge in [0.2, 0.25) is 5.95 Å². The van der Waals surface area contributed by atoms with Crippen molar-refractivity contribution >= 4 is 11.9 Å². The summed E-state index contributed by atoms with van der Waals surface area (Å²) in [5.74, 6) is 1.25. The van der Waals surface area contributed by atoms with E-state index >= 15 is 0 Å². The molecule has 5 heterocycles. The van der Waals surface area contributed by atoms with E-state index in [2.05, 4.69) is 28.9 Å². The van der Waals surface area contributed by atoms with E-state index in [1.165, 1.54) is 0 Å². The summed E-state index contributed by atoms with van der Waals surface area (Å²) in [5, 5.41) is 3.89. The fourth-order valence-corrected chi connectivity index (χ4v) is 4.87. The van der Waals surface area contributed by atoms with Gasteiger partial charge in [-0.05, 0) is 27.2 Å². The summed E-state index contributed by atoms with van der Waals surface area (Å²) in [6.45, 7) is 9.70. The van der Waals surface area contributed by atoms with Crippen LogP contribution in [0.2, 0.25) is 0 Å². The minimum absolute atomic E-state index is 0.110. The Balaban J connectivity index is 1.42. The van der Waals surface area contributed by atoms with E-state index in [1.54, 1.807) is 13.0 Å². The van der Waals surface area contributed by atoms with Crippen LogP contribution in [-0.2, 0) is 21.5 Å². The van der Waals surface area contributed by atoms with Crippen molar-refractivity contribution in [2.75, 3.05) is 37.7 Å². The summed E-state index contributed by atoms with van der Waals surface area (Å²) in [6, 6.07) is 1.68. The molecular weight excluding hydrogens is 386 g/mol. The molecule has 160 valence electrons. The number of anilines is 1. The molecule has 2 fully saturated rings. The van der Waals surface area contributed by atoms with Gasteiger partial charge in [0.05, 0.1) is 36.5 Å². The van der Waals surface area contributed by atoms with Crippen molar-refractivity contribution in [2.24, 2.45) is 0 Å². The number of carbonyl (C=O) groups excluding carboxylic acids is 1. The van der Waals surface area contributed by atoms with Gasteiger partial charge in [0, 0.05) is 44.0 Å². The molecule has 0 radical (unpaired) electrons. The van der Waals surface area contributed by atoms with Gasteiger partial charge in [-0.1, -0.05) is 5.16 Å². The van der Waals surface area contributed by atoms with Gasteiger partial charge in [0.1, 0.15) is 5.76 Å². The summed E-state index contributed by atoms with van der Waals surface area (Å²) < 4.78 is 16.8. The number of aromatic nitrogens is 3. The molecule has 1 amide bonds. The molecule has 9 heteroatoms. The Hall–Kier alpha value is -2.52. The standard InChI is InChI=1S/C21H27N5O4/c1-13-6-17(24-30-13)19(27)25-5-4-21(11-25)12-28-10-16-7-22-20(23-18(16)21)26-8-14(2)29-15(3)9-26/h6-7,14-15H,4-5,8-12H2,1-3H3. The van der Waals surface area contributed by atoms with Crippen molar-refractivity contribution < 1.29 is 18.8 Å². The topological polar surface area (TPSA) is 93.8 Å².